The summed E-state index contributed by atoms with van der Waals surface area (Å²) in [6.07, 6.45) is 4.85. The van der Waals surface area contributed by atoms with Crippen LogP contribution in [0.15, 0.2) is 0 Å². The van der Waals surface area contributed by atoms with Gasteiger partial charge in [-0.05, 0) is 51.9 Å². The van der Waals surface area contributed by atoms with Crippen LogP contribution < -0.4 is 0 Å². The lowest BCUT2D eigenvalue weighted by Crippen LogP contribution is -2.55. The third-order valence-corrected chi connectivity index (χ3v) is 10.5. The minimum Gasteiger partial charge on any atom is -0.481 e. The Hall–Kier alpha value is -0.890. The summed E-state index contributed by atoms with van der Waals surface area (Å²) in [7, 11) is 1.52. The lowest BCUT2D eigenvalue weighted by atomic mass is 9.78. The van der Waals surface area contributed by atoms with Gasteiger partial charge in [-0.25, -0.2) is 0 Å². The van der Waals surface area contributed by atoms with E-state index in [2.05, 4.69) is 0 Å². The summed E-state index contributed by atoms with van der Waals surface area (Å²) in [5.41, 5.74) is 0. The Bertz CT molecular complexity index is 904. The number of hydrogen-bond acceptors (Lipinski definition) is 10. The highest BCUT2D eigenvalue weighted by atomic mass is 16.7. The molecule has 5 aliphatic rings. The molecule has 5 fully saturated rings. The third kappa shape index (κ3) is 6.49. The zero-order valence-corrected chi connectivity index (χ0v) is 24.9. The monoisotopic (exact) mass is 586 g/mol. The van der Waals surface area contributed by atoms with Crippen LogP contribution in [0.25, 0.3) is 0 Å². The molecule has 0 aromatic carbocycles. The van der Waals surface area contributed by atoms with Crippen LogP contribution in [0.4, 0.5) is 0 Å². The summed E-state index contributed by atoms with van der Waals surface area (Å²) < 4.78 is 37.5. The van der Waals surface area contributed by atoms with Gasteiger partial charge in [-0.1, -0.05) is 13.8 Å². The van der Waals surface area contributed by atoms with Crippen molar-refractivity contribution in [1.82, 2.24) is 0 Å². The van der Waals surface area contributed by atoms with Crippen LogP contribution in [0.2, 0.25) is 0 Å². The van der Waals surface area contributed by atoms with Crippen molar-refractivity contribution in [1.29, 1.82) is 0 Å². The summed E-state index contributed by atoms with van der Waals surface area (Å²) in [4.78, 5) is 11.7. The smallest absolute Gasteiger partial charge is 0.308 e. The van der Waals surface area contributed by atoms with Gasteiger partial charge in [0, 0.05) is 38.2 Å². The normalized spacial score (nSPS) is 47.4. The second kappa shape index (κ2) is 12.6. The molecule has 0 radical (unpaired) electrons. The second-order valence-electron chi connectivity index (χ2n) is 13.2. The second-order valence-corrected chi connectivity index (χ2v) is 13.2. The molecule has 0 aliphatic carbocycles. The quantitative estimate of drug-likeness (QED) is 0.315. The molecular formula is C30H50O11. The maximum atomic E-state index is 11.7. The van der Waals surface area contributed by atoms with Crippen molar-refractivity contribution in [3.8, 4) is 0 Å². The van der Waals surface area contributed by atoms with Crippen LogP contribution in [0.3, 0.4) is 0 Å². The molecule has 5 rings (SSSR count). The van der Waals surface area contributed by atoms with Gasteiger partial charge in [-0.15, -0.1) is 0 Å². The maximum Gasteiger partial charge on any atom is 0.308 e. The molecule has 0 bridgehead atoms. The Balaban J connectivity index is 1.16. The minimum atomic E-state index is -1.47. The number of carbonyl (C=O) groups is 1. The topological polar surface area (TPSA) is 153 Å². The molecule has 0 amide bonds. The van der Waals surface area contributed by atoms with E-state index < -0.39 is 48.4 Å². The van der Waals surface area contributed by atoms with Crippen molar-refractivity contribution < 1.29 is 53.6 Å². The van der Waals surface area contributed by atoms with Gasteiger partial charge in [0.25, 0.3) is 0 Å². The molecule has 5 heterocycles. The lowest BCUT2D eigenvalue weighted by molar-refractivity contribution is -0.318. The van der Waals surface area contributed by atoms with Gasteiger partial charge in [0.1, 0.15) is 0 Å². The number of rotatable bonds is 9. The van der Waals surface area contributed by atoms with Gasteiger partial charge >= 0.3 is 5.97 Å². The van der Waals surface area contributed by atoms with Crippen LogP contribution in [-0.4, -0.2) is 107 Å². The number of aliphatic hydroxyl groups is 3. The zero-order valence-electron chi connectivity index (χ0n) is 24.9. The molecule has 14 atom stereocenters. The fourth-order valence-corrected chi connectivity index (χ4v) is 8.00. The lowest BCUT2D eigenvalue weighted by Gasteiger charge is -2.48. The summed E-state index contributed by atoms with van der Waals surface area (Å²) in [6.45, 7) is 5.08. The summed E-state index contributed by atoms with van der Waals surface area (Å²) in [5.74, 6) is -4.52. The van der Waals surface area contributed by atoms with Crippen molar-refractivity contribution in [2.75, 3.05) is 13.7 Å². The number of aliphatic hydroxyl groups excluding tert-OH is 2. The molecule has 5 aliphatic heterocycles. The van der Waals surface area contributed by atoms with Gasteiger partial charge in [0.15, 0.2) is 11.6 Å². The molecule has 0 aromatic heterocycles. The van der Waals surface area contributed by atoms with Gasteiger partial charge in [-0.2, -0.15) is 0 Å². The molecule has 5 saturated heterocycles. The molecule has 41 heavy (non-hydrogen) atoms. The first-order valence-corrected chi connectivity index (χ1v) is 15.6. The van der Waals surface area contributed by atoms with Crippen molar-refractivity contribution in [2.24, 2.45) is 17.8 Å². The van der Waals surface area contributed by atoms with Gasteiger partial charge in [0.2, 0.25) is 0 Å². The maximum absolute atomic E-state index is 11.7. The van der Waals surface area contributed by atoms with Crippen molar-refractivity contribution in [3.63, 3.8) is 0 Å². The van der Waals surface area contributed by atoms with E-state index in [1.54, 1.807) is 6.92 Å². The summed E-state index contributed by atoms with van der Waals surface area (Å²) >= 11 is 0. The highest BCUT2D eigenvalue weighted by molar-refractivity contribution is 5.70. The van der Waals surface area contributed by atoms with E-state index in [1.807, 2.05) is 13.8 Å². The van der Waals surface area contributed by atoms with E-state index in [-0.39, 0.29) is 48.5 Å². The highest BCUT2D eigenvalue weighted by Gasteiger charge is 2.55. The van der Waals surface area contributed by atoms with E-state index in [4.69, 9.17) is 28.4 Å². The van der Waals surface area contributed by atoms with Gasteiger partial charge in [-0.3, -0.25) is 4.79 Å². The molecule has 0 saturated carbocycles. The van der Waals surface area contributed by atoms with Crippen LogP contribution in [0, 0.1) is 17.8 Å². The Kier molecular flexibility index (Phi) is 9.70. The molecule has 236 valence electrons. The number of aliphatic carboxylic acids is 1. The Morgan fingerprint density at radius 2 is 1.49 bits per heavy atom. The highest BCUT2D eigenvalue weighted by Crippen LogP contribution is 2.47. The number of carboxylic acid groups (broad SMARTS) is 1. The zero-order chi connectivity index (χ0) is 29.5. The van der Waals surface area contributed by atoms with E-state index >= 15 is 0 Å². The Morgan fingerprint density at radius 1 is 0.902 bits per heavy atom. The number of methoxy groups -OCH3 is 1. The number of hydrogen-bond donors (Lipinski definition) is 4. The largest absolute Gasteiger partial charge is 0.481 e. The number of ether oxygens (including phenoxy) is 6. The molecular weight excluding hydrogens is 536 g/mol. The molecule has 4 N–H and O–H groups in total. The van der Waals surface area contributed by atoms with E-state index in [9.17, 15) is 25.2 Å². The Morgan fingerprint density at radius 3 is 2.05 bits per heavy atom. The summed E-state index contributed by atoms with van der Waals surface area (Å²) in [6, 6.07) is 0. The average molecular weight is 587 g/mol. The third-order valence-electron chi connectivity index (χ3n) is 10.5. The first-order valence-electron chi connectivity index (χ1n) is 15.6. The van der Waals surface area contributed by atoms with Gasteiger partial charge in [0.05, 0.1) is 67.5 Å². The van der Waals surface area contributed by atoms with Gasteiger partial charge < -0.3 is 48.8 Å². The minimum absolute atomic E-state index is 0.0453. The van der Waals surface area contributed by atoms with Crippen LogP contribution in [0.1, 0.15) is 85.0 Å². The van der Waals surface area contributed by atoms with E-state index in [0.717, 1.165) is 44.9 Å². The fourth-order valence-electron chi connectivity index (χ4n) is 8.00. The van der Waals surface area contributed by atoms with Crippen LogP contribution >= 0.6 is 0 Å². The average Bonchev–Trinajstić information content (AvgIpc) is 3.71. The molecule has 0 unspecified atom stereocenters. The summed E-state index contributed by atoms with van der Waals surface area (Å²) in [5, 5.41) is 40.5. The van der Waals surface area contributed by atoms with Crippen molar-refractivity contribution in [2.45, 2.75) is 151 Å². The standard InChI is InChI=1S/C30H50O11/c1-16-19(32)14-30(41-27(16)17(2)26(36-4)18(3)28(33)34)13-11-25(40-30)23-10-8-21(38-23)20-7-9-22(37-20)24-6-5-12-29(35,15-31)39-24/h16-27,31-32,35H,5-15H2,1-4H3,(H,33,34)/t16-,17+,18+,19+,20-,21+,22-,23-,24+,25+,26-,27+,29-,30+/m1/s1. The van der Waals surface area contributed by atoms with Crippen molar-refractivity contribution in [3.05, 3.63) is 0 Å². The fraction of sp³-hybridized carbons (Fsp3) is 0.967. The molecule has 11 nitrogen and oxygen atoms in total. The van der Waals surface area contributed by atoms with E-state index in [0.29, 0.717) is 19.3 Å². The predicted octanol–water partition coefficient (Wildman–Crippen LogP) is 2.36. The van der Waals surface area contributed by atoms with Crippen LogP contribution in [0.5, 0.6) is 0 Å². The SMILES string of the molecule is CO[C@H]([C@H](C)[C@H]1O[C@@]2(CC[C@@H]([C@H]3CC[C@@H]([C@H]4CC[C@H]([C@@H]5CCC[C@](O)(CO)O5)O4)O3)O2)C[C@H](O)[C@H]1C)[C@H](C)C(=O)O. The first-order chi connectivity index (χ1) is 19.5. The number of carboxylic acids is 1. The van der Waals surface area contributed by atoms with Crippen LogP contribution in [-0.2, 0) is 33.2 Å². The first kappa shape index (κ1) is 31.5. The molecule has 1 spiro atoms. The molecule has 0 aromatic rings. The Labute approximate surface area is 242 Å². The molecule has 11 heteroatoms. The van der Waals surface area contributed by atoms with E-state index in [1.165, 1.54) is 7.11 Å². The van der Waals surface area contributed by atoms with Crippen molar-refractivity contribution >= 4 is 5.97 Å². The predicted molar refractivity (Wildman–Crippen MR) is 145 cm³/mol.